The largest absolute Gasteiger partial charge is 0.491 e. The van der Waals surface area contributed by atoms with Gasteiger partial charge < -0.3 is 39.3 Å². The van der Waals surface area contributed by atoms with Gasteiger partial charge in [-0.2, -0.15) is 15.0 Å². The number of carbonyl (C=O) groups excluding carboxylic acids is 2. The van der Waals surface area contributed by atoms with Gasteiger partial charge in [-0.05, 0) is 53.7 Å². The fourth-order valence-electron chi connectivity index (χ4n) is 4.22. The van der Waals surface area contributed by atoms with Crippen molar-refractivity contribution in [2.24, 2.45) is 0 Å². The van der Waals surface area contributed by atoms with Crippen molar-refractivity contribution in [3.63, 3.8) is 0 Å². The molecule has 0 radical (unpaired) electrons. The first-order valence-corrected chi connectivity index (χ1v) is 17.3. The lowest BCUT2D eigenvalue weighted by atomic mass is 10.3. The van der Waals surface area contributed by atoms with Crippen LogP contribution in [0.2, 0.25) is 0 Å². The Hall–Kier alpha value is -4.02. The van der Waals surface area contributed by atoms with Crippen LogP contribution in [0.1, 0.15) is 41.5 Å². The zero-order chi connectivity index (χ0) is 35.4. The number of carbonyl (C=O) groups is 2. The molecule has 266 valence electrons. The summed E-state index contributed by atoms with van der Waals surface area (Å²) < 4.78 is 48.9. The third-order valence-electron chi connectivity index (χ3n) is 6.37. The number of rotatable bonds is 20. The second-order valence-corrected chi connectivity index (χ2v) is 13.6. The van der Waals surface area contributed by atoms with Gasteiger partial charge in [0.1, 0.15) is 43.5 Å². The normalized spacial score (nSPS) is 13.8. The van der Waals surface area contributed by atoms with E-state index in [2.05, 4.69) is 25.1 Å². The number of nitrogens with one attached hydrogen (secondary N) is 2. The van der Waals surface area contributed by atoms with Crippen LogP contribution in [0.5, 0.6) is 17.8 Å². The van der Waals surface area contributed by atoms with Gasteiger partial charge in [0, 0.05) is 7.11 Å². The van der Waals surface area contributed by atoms with E-state index in [1.165, 1.54) is 25.5 Å². The zero-order valence-electron chi connectivity index (χ0n) is 28.2. The van der Waals surface area contributed by atoms with E-state index in [4.69, 9.17) is 34.2 Å². The number of anilines is 1. The number of aromatic nitrogens is 4. The van der Waals surface area contributed by atoms with E-state index < -0.39 is 62.1 Å². The molecule has 0 aliphatic heterocycles. The molecule has 5 N–H and O–H groups in total. The number of imidazole rings is 1. The van der Waals surface area contributed by atoms with Crippen molar-refractivity contribution in [2.75, 3.05) is 39.0 Å². The van der Waals surface area contributed by atoms with Gasteiger partial charge in [-0.3, -0.25) is 18.7 Å². The van der Waals surface area contributed by atoms with Gasteiger partial charge in [0.05, 0.1) is 25.4 Å². The van der Waals surface area contributed by atoms with Crippen LogP contribution in [0.25, 0.3) is 11.2 Å². The maximum Gasteiger partial charge on any atom is 0.323 e. The van der Waals surface area contributed by atoms with Crippen molar-refractivity contribution in [3.05, 3.63) is 30.3 Å². The Morgan fingerprint density at radius 1 is 0.917 bits per heavy atom. The van der Waals surface area contributed by atoms with E-state index in [1.807, 2.05) is 6.07 Å². The number of nitrogens with zero attached hydrogens (tertiary/aromatic N) is 4. The highest BCUT2D eigenvalue weighted by atomic mass is 31.2. The number of nitrogen functional groups attached to an aromatic ring is 1. The number of ether oxygens (including phenoxy) is 6. The average molecular weight is 696 g/mol. The fraction of sp³-hybridized carbons (Fsp3) is 0.567. The van der Waals surface area contributed by atoms with E-state index in [-0.39, 0.29) is 49.4 Å². The molecule has 2 aromatic heterocycles. The van der Waals surface area contributed by atoms with Crippen LogP contribution in [-0.2, 0) is 39.6 Å². The minimum atomic E-state index is -3.90. The fourth-order valence-corrected chi connectivity index (χ4v) is 6.33. The third-order valence-corrected chi connectivity index (χ3v) is 8.49. The molecule has 3 rings (SSSR count). The molecule has 1 aromatic carbocycles. The number of nitrogens with two attached hydrogens (primary N) is 1. The highest BCUT2D eigenvalue weighted by Gasteiger charge is 2.34. The van der Waals surface area contributed by atoms with Crippen LogP contribution in [0.3, 0.4) is 0 Å². The third kappa shape index (κ3) is 11.6. The van der Waals surface area contributed by atoms with Crippen molar-refractivity contribution in [1.82, 2.24) is 29.7 Å². The van der Waals surface area contributed by atoms with Gasteiger partial charge in [0.2, 0.25) is 7.44 Å². The van der Waals surface area contributed by atoms with Gasteiger partial charge >= 0.3 is 17.9 Å². The molecular formula is C30H46N7O10P. The number of benzene rings is 1. The second-order valence-electron chi connectivity index (χ2n) is 11.4. The van der Waals surface area contributed by atoms with E-state index >= 15 is 0 Å². The Balaban J connectivity index is 1.93. The van der Waals surface area contributed by atoms with E-state index in [1.54, 1.807) is 52.0 Å². The van der Waals surface area contributed by atoms with Crippen molar-refractivity contribution >= 4 is 36.4 Å². The molecule has 2 heterocycles. The van der Waals surface area contributed by atoms with Gasteiger partial charge in [-0.1, -0.05) is 18.2 Å². The van der Waals surface area contributed by atoms with E-state index in [0.29, 0.717) is 5.75 Å². The second kappa shape index (κ2) is 17.9. The lowest BCUT2D eigenvalue weighted by molar-refractivity contribution is -0.149. The molecule has 0 spiro atoms. The standard InChI is InChI=1S/C30H46N7O10P/c1-18(2)46-27(38)20(5)35-48(41,36-21(6)28(39)47-19(3)4)17-45-23(16-44-22-11-9-8-10-12-22)15-37-26-24(32-30(37)40)25(31)33-29(34-26)43-14-13-42-7/h8-12,18-21,23H,13-17H2,1-7H3,(H,32,40)(H2,31,33,34)(H2,35,36,41)/t20-,21-,23+/m0/s1. The molecule has 0 unspecified atom stereocenters. The highest BCUT2D eigenvalue weighted by Crippen LogP contribution is 2.38. The first-order chi connectivity index (χ1) is 22.7. The van der Waals surface area contributed by atoms with E-state index in [9.17, 15) is 19.3 Å². The zero-order valence-corrected chi connectivity index (χ0v) is 29.1. The lowest BCUT2D eigenvalue weighted by Crippen LogP contribution is -2.44. The summed E-state index contributed by atoms with van der Waals surface area (Å²) in [5.74, 6) is -0.796. The summed E-state index contributed by atoms with van der Waals surface area (Å²) in [6.07, 6.45) is -2.25. The van der Waals surface area contributed by atoms with Crippen LogP contribution in [0, 0.1) is 0 Å². The number of fused-ring (bicyclic) bond motifs is 1. The molecule has 0 aliphatic rings. The molecule has 3 atom stereocenters. The maximum absolute atomic E-state index is 14.4. The molecule has 48 heavy (non-hydrogen) atoms. The summed E-state index contributed by atoms with van der Waals surface area (Å²) in [4.78, 5) is 37.8. The Kier molecular flexibility index (Phi) is 14.4. The molecular weight excluding hydrogens is 649 g/mol. The molecule has 0 saturated heterocycles. The Morgan fingerprint density at radius 3 is 2.08 bits per heavy atom. The first kappa shape index (κ1) is 38.4. The van der Waals surface area contributed by atoms with Crippen LogP contribution in [0.4, 0.5) is 5.82 Å². The number of aromatic hydroxyl groups is 1. The summed E-state index contributed by atoms with van der Waals surface area (Å²) in [6, 6.07) is 6.33. The van der Waals surface area contributed by atoms with Crippen LogP contribution < -0.4 is 25.4 Å². The minimum absolute atomic E-state index is 0.0260. The van der Waals surface area contributed by atoms with Crippen molar-refractivity contribution in [2.45, 2.75) is 78.5 Å². The van der Waals surface area contributed by atoms with Gasteiger partial charge in [-0.25, -0.2) is 10.2 Å². The van der Waals surface area contributed by atoms with Crippen molar-refractivity contribution < 1.29 is 47.7 Å². The van der Waals surface area contributed by atoms with Gasteiger partial charge in [0.15, 0.2) is 17.0 Å². The quantitative estimate of drug-likeness (QED) is 0.0758. The lowest BCUT2D eigenvalue weighted by Gasteiger charge is -2.28. The Morgan fingerprint density at radius 2 is 1.52 bits per heavy atom. The molecule has 17 nitrogen and oxygen atoms in total. The molecule has 0 bridgehead atoms. The monoisotopic (exact) mass is 695 g/mol. The minimum Gasteiger partial charge on any atom is -0.491 e. The van der Waals surface area contributed by atoms with Crippen LogP contribution in [0.15, 0.2) is 30.3 Å². The Bertz CT molecular complexity index is 1510. The smallest absolute Gasteiger partial charge is 0.323 e. The topological polar surface area (TPSA) is 220 Å². The number of para-hydroxylation sites is 1. The predicted molar refractivity (Wildman–Crippen MR) is 176 cm³/mol. The summed E-state index contributed by atoms with van der Waals surface area (Å²) in [5.41, 5.74) is 6.36. The predicted octanol–water partition coefficient (Wildman–Crippen LogP) is 2.61. The molecule has 18 heteroatoms. The van der Waals surface area contributed by atoms with Crippen molar-refractivity contribution in [1.29, 1.82) is 0 Å². The number of methoxy groups -OCH3 is 1. The molecule has 3 aromatic rings. The highest BCUT2D eigenvalue weighted by molar-refractivity contribution is 7.59. The number of esters is 2. The number of hydrogen-bond donors (Lipinski definition) is 4. The van der Waals surface area contributed by atoms with Gasteiger partial charge in [-0.15, -0.1) is 0 Å². The Labute approximate surface area is 279 Å². The SMILES string of the molecule is COCCOc1nc(N)c2nc(O)n(C[C@H](COc3ccccc3)OCP(=O)(N[C@@H](C)C(=O)OC(C)C)N[C@@H](C)C(=O)OC(C)C)c2n1. The summed E-state index contributed by atoms with van der Waals surface area (Å²) in [7, 11) is -2.38. The first-order valence-electron chi connectivity index (χ1n) is 15.4. The maximum atomic E-state index is 14.4. The van der Waals surface area contributed by atoms with E-state index in [0.717, 1.165) is 0 Å². The molecule has 0 fully saturated rings. The van der Waals surface area contributed by atoms with Crippen LogP contribution >= 0.6 is 7.44 Å². The summed E-state index contributed by atoms with van der Waals surface area (Å²) in [5, 5.41) is 16.4. The van der Waals surface area contributed by atoms with Crippen LogP contribution in [-0.4, -0.2) is 100 Å². The summed E-state index contributed by atoms with van der Waals surface area (Å²) >= 11 is 0. The summed E-state index contributed by atoms with van der Waals surface area (Å²) in [6.45, 7) is 9.96. The molecule has 0 aliphatic carbocycles. The van der Waals surface area contributed by atoms with Crippen molar-refractivity contribution in [3.8, 4) is 17.8 Å². The van der Waals surface area contributed by atoms with Gasteiger partial charge in [0.25, 0.3) is 6.01 Å². The molecule has 0 saturated carbocycles. The molecule has 0 amide bonds. The number of hydrogen-bond acceptors (Lipinski definition) is 14. The average Bonchev–Trinajstić information content (AvgIpc) is 3.33.